The lowest BCUT2D eigenvalue weighted by molar-refractivity contribution is 0.0665. The lowest BCUT2D eigenvalue weighted by atomic mass is 9.94. The van der Waals surface area contributed by atoms with Crippen LogP contribution in [-0.4, -0.2) is 48.6 Å². The summed E-state index contributed by atoms with van der Waals surface area (Å²) in [4.78, 5) is 22.6. The number of carbonyl (C=O) groups is 1. The third-order valence-corrected chi connectivity index (χ3v) is 4.71. The molecule has 4 rings (SSSR count). The fourth-order valence-electron chi connectivity index (χ4n) is 3.45. The van der Waals surface area contributed by atoms with Gasteiger partial charge in [0.1, 0.15) is 17.8 Å². The normalized spacial score (nSPS) is 17.2. The fraction of sp³-hybridized carbons (Fsp3) is 0.316. The minimum atomic E-state index is -0.0488. The molecule has 0 radical (unpaired) electrons. The minimum absolute atomic E-state index is 0.0488. The number of likely N-dealkylation sites (tertiary alicyclic amines) is 1. The molecule has 2 aromatic heterocycles. The van der Waals surface area contributed by atoms with Gasteiger partial charge in [-0.05, 0) is 30.9 Å². The van der Waals surface area contributed by atoms with Crippen LogP contribution in [-0.2, 0) is 6.42 Å². The van der Waals surface area contributed by atoms with E-state index in [-0.39, 0.29) is 5.91 Å². The first kappa shape index (κ1) is 16.4. The van der Waals surface area contributed by atoms with Crippen LogP contribution in [0.15, 0.2) is 55.2 Å². The fourth-order valence-corrected chi connectivity index (χ4v) is 3.45. The summed E-state index contributed by atoms with van der Waals surface area (Å²) in [6, 6.07) is 10.1. The molecule has 0 saturated carbocycles. The average Bonchev–Trinajstić information content (AvgIpc) is 3.17. The van der Waals surface area contributed by atoms with E-state index in [1.54, 1.807) is 18.7 Å². The summed E-state index contributed by atoms with van der Waals surface area (Å²) in [6.45, 7) is 1.47. The van der Waals surface area contributed by atoms with Crippen molar-refractivity contribution in [3.05, 3.63) is 66.8 Å². The van der Waals surface area contributed by atoms with Gasteiger partial charge in [0.05, 0.1) is 6.20 Å². The predicted octanol–water partition coefficient (Wildman–Crippen LogP) is 2.15. The van der Waals surface area contributed by atoms with Crippen molar-refractivity contribution >= 4 is 5.91 Å². The number of benzene rings is 1. The lowest BCUT2D eigenvalue weighted by Gasteiger charge is -2.32. The van der Waals surface area contributed by atoms with E-state index in [1.165, 1.54) is 6.20 Å². The summed E-state index contributed by atoms with van der Waals surface area (Å²) >= 11 is 0. The van der Waals surface area contributed by atoms with Gasteiger partial charge in [0.2, 0.25) is 0 Å². The molecule has 0 spiro atoms. The van der Waals surface area contributed by atoms with Crippen molar-refractivity contribution in [3.8, 4) is 5.69 Å². The first-order chi connectivity index (χ1) is 12.8. The number of rotatable bonds is 4. The van der Waals surface area contributed by atoms with Crippen molar-refractivity contribution in [2.75, 3.05) is 13.1 Å². The summed E-state index contributed by atoms with van der Waals surface area (Å²) in [5.74, 6) is 1.23. The molecular formula is C19H20N6O. The van der Waals surface area contributed by atoms with Crippen molar-refractivity contribution in [3.63, 3.8) is 0 Å². The van der Waals surface area contributed by atoms with Crippen molar-refractivity contribution in [2.45, 2.75) is 19.3 Å². The van der Waals surface area contributed by atoms with E-state index < -0.39 is 0 Å². The number of hydrogen-bond donors (Lipinski definition) is 0. The van der Waals surface area contributed by atoms with Crippen LogP contribution in [0.25, 0.3) is 5.69 Å². The Bertz CT molecular complexity index is 864. The zero-order valence-electron chi connectivity index (χ0n) is 14.4. The average molecular weight is 348 g/mol. The first-order valence-electron chi connectivity index (χ1n) is 8.81. The van der Waals surface area contributed by atoms with Gasteiger partial charge in [0.15, 0.2) is 0 Å². The van der Waals surface area contributed by atoms with E-state index in [1.807, 2.05) is 39.8 Å². The highest BCUT2D eigenvalue weighted by Gasteiger charge is 2.26. The molecule has 0 aliphatic carbocycles. The molecule has 1 atom stereocenters. The van der Waals surface area contributed by atoms with E-state index in [2.05, 4.69) is 20.2 Å². The van der Waals surface area contributed by atoms with Crippen molar-refractivity contribution in [1.29, 1.82) is 0 Å². The smallest absolute Gasteiger partial charge is 0.274 e. The summed E-state index contributed by atoms with van der Waals surface area (Å²) in [7, 11) is 0. The summed E-state index contributed by atoms with van der Waals surface area (Å²) < 4.78 is 2.02. The lowest BCUT2D eigenvalue weighted by Crippen LogP contribution is -2.41. The number of piperidine rings is 1. The minimum Gasteiger partial charge on any atom is -0.337 e. The van der Waals surface area contributed by atoms with Crippen LogP contribution in [0.3, 0.4) is 0 Å². The molecule has 7 heteroatoms. The topological polar surface area (TPSA) is 76.8 Å². The molecule has 7 nitrogen and oxygen atoms in total. The molecule has 1 aromatic carbocycles. The Morgan fingerprint density at radius 3 is 2.88 bits per heavy atom. The zero-order valence-corrected chi connectivity index (χ0v) is 14.4. The van der Waals surface area contributed by atoms with Crippen LogP contribution < -0.4 is 0 Å². The molecule has 1 amide bonds. The second-order valence-corrected chi connectivity index (χ2v) is 6.51. The molecule has 3 aromatic rings. The van der Waals surface area contributed by atoms with E-state index in [4.69, 9.17) is 0 Å². The molecule has 132 valence electrons. The van der Waals surface area contributed by atoms with Crippen LogP contribution in [0.5, 0.6) is 0 Å². The Morgan fingerprint density at radius 2 is 2.08 bits per heavy atom. The number of carbonyl (C=O) groups excluding carboxylic acids is 1. The van der Waals surface area contributed by atoms with Gasteiger partial charge in [-0.15, -0.1) is 10.2 Å². The van der Waals surface area contributed by atoms with Gasteiger partial charge in [0.25, 0.3) is 5.91 Å². The maximum absolute atomic E-state index is 12.6. The third-order valence-electron chi connectivity index (χ3n) is 4.71. The highest BCUT2D eigenvalue weighted by Crippen LogP contribution is 2.22. The SMILES string of the molecule is O=C(c1cnccn1)N1CCCC(Cc2nncn2-c2ccccc2)C1. The Hall–Kier alpha value is -3.09. The summed E-state index contributed by atoms with van der Waals surface area (Å²) in [5, 5.41) is 8.38. The number of amides is 1. The number of aromatic nitrogens is 5. The van der Waals surface area contributed by atoms with Crippen molar-refractivity contribution in [2.24, 2.45) is 5.92 Å². The highest BCUT2D eigenvalue weighted by atomic mass is 16.2. The molecule has 1 saturated heterocycles. The predicted molar refractivity (Wildman–Crippen MR) is 95.7 cm³/mol. The van der Waals surface area contributed by atoms with Crippen LogP contribution in [0, 0.1) is 5.92 Å². The second-order valence-electron chi connectivity index (χ2n) is 6.51. The maximum atomic E-state index is 12.6. The van der Waals surface area contributed by atoms with E-state index in [0.29, 0.717) is 18.2 Å². The quantitative estimate of drug-likeness (QED) is 0.722. The van der Waals surface area contributed by atoms with Crippen LogP contribution >= 0.6 is 0 Å². The molecule has 1 aliphatic rings. The van der Waals surface area contributed by atoms with Crippen molar-refractivity contribution in [1.82, 2.24) is 29.6 Å². The van der Waals surface area contributed by atoms with Gasteiger partial charge in [0, 0.05) is 37.6 Å². The monoisotopic (exact) mass is 348 g/mol. The highest BCUT2D eigenvalue weighted by molar-refractivity contribution is 5.92. The zero-order chi connectivity index (χ0) is 17.8. The Balaban J connectivity index is 1.47. The van der Waals surface area contributed by atoms with Crippen LogP contribution in [0.4, 0.5) is 0 Å². The second kappa shape index (κ2) is 7.43. The Morgan fingerprint density at radius 1 is 1.19 bits per heavy atom. The molecule has 26 heavy (non-hydrogen) atoms. The number of hydrogen-bond acceptors (Lipinski definition) is 5. The van der Waals surface area contributed by atoms with Gasteiger partial charge in [-0.25, -0.2) is 4.98 Å². The van der Waals surface area contributed by atoms with Gasteiger partial charge in [-0.2, -0.15) is 0 Å². The summed E-state index contributed by atoms with van der Waals surface area (Å²) in [6.07, 6.45) is 9.25. The van der Waals surface area contributed by atoms with Crippen LogP contribution in [0.1, 0.15) is 29.2 Å². The third kappa shape index (κ3) is 3.46. The molecule has 1 fully saturated rings. The van der Waals surface area contributed by atoms with Crippen LogP contribution in [0.2, 0.25) is 0 Å². The molecule has 3 heterocycles. The first-order valence-corrected chi connectivity index (χ1v) is 8.81. The van der Waals surface area contributed by atoms with Gasteiger partial charge in [-0.3, -0.25) is 14.3 Å². The molecule has 0 N–H and O–H groups in total. The van der Waals surface area contributed by atoms with Gasteiger partial charge >= 0.3 is 0 Å². The molecular weight excluding hydrogens is 328 g/mol. The standard InChI is InChI=1S/C19H20N6O/c26-19(17-12-20-8-9-21-17)24-10-4-5-15(13-24)11-18-23-22-14-25(18)16-6-2-1-3-7-16/h1-3,6-9,12,14-15H,4-5,10-11,13H2. The van der Waals surface area contributed by atoms with Gasteiger partial charge in [-0.1, -0.05) is 18.2 Å². The number of nitrogens with zero attached hydrogens (tertiary/aromatic N) is 6. The molecule has 0 bridgehead atoms. The van der Waals surface area contributed by atoms with Crippen molar-refractivity contribution < 1.29 is 4.79 Å². The molecule has 1 aliphatic heterocycles. The Labute approximate surface area is 151 Å². The van der Waals surface area contributed by atoms with Gasteiger partial charge < -0.3 is 4.90 Å². The largest absolute Gasteiger partial charge is 0.337 e. The summed E-state index contributed by atoms with van der Waals surface area (Å²) in [5.41, 5.74) is 1.46. The van der Waals surface area contributed by atoms with E-state index in [9.17, 15) is 4.79 Å². The van der Waals surface area contributed by atoms with E-state index in [0.717, 1.165) is 37.3 Å². The number of para-hydroxylation sites is 1. The Kier molecular flexibility index (Phi) is 4.68. The van der Waals surface area contributed by atoms with E-state index >= 15 is 0 Å². The molecule has 1 unspecified atom stereocenters. The maximum Gasteiger partial charge on any atom is 0.274 e.